The zero-order valence-electron chi connectivity index (χ0n) is 8.71. The normalized spacial score (nSPS) is 17.7. The highest BCUT2D eigenvalue weighted by molar-refractivity contribution is 5.76. The van der Waals surface area contributed by atoms with Gasteiger partial charge in [0.1, 0.15) is 0 Å². The van der Waals surface area contributed by atoms with E-state index in [0.717, 1.165) is 26.2 Å². The van der Waals surface area contributed by atoms with Crippen molar-refractivity contribution in [1.82, 2.24) is 15.1 Å². The van der Waals surface area contributed by atoms with Gasteiger partial charge in [-0.05, 0) is 0 Å². The summed E-state index contributed by atoms with van der Waals surface area (Å²) in [7, 11) is 1.85. The average Bonchev–Trinajstić information content (AvgIpc) is 2.35. The van der Waals surface area contributed by atoms with E-state index >= 15 is 0 Å². The molecule has 13 heavy (non-hydrogen) atoms. The monoisotopic (exact) mass is 185 g/mol. The van der Waals surface area contributed by atoms with Crippen LogP contribution in [0, 0.1) is 0 Å². The summed E-state index contributed by atoms with van der Waals surface area (Å²) in [6.07, 6.45) is 0. The third kappa shape index (κ3) is 2.88. The Bertz CT molecular complexity index is 182. The van der Waals surface area contributed by atoms with Gasteiger partial charge in [0.25, 0.3) is 0 Å². The Labute approximate surface area is 79.9 Å². The van der Waals surface area contributed by atoms with E-state index in [-0.39, 0.29) is 6.03 Å². The van der Waals surface area contributed by atoms with Crippen molar-refractivity contribution < 1.29 is 4.79 Å². The first-order valence-electron chi connectivity index (χ1n) is 4.84. The number of likely N-dealkylation sites (N-methyl/N-ethyl adjacent to an activating group) is 1. The van der Waals surface area contributed by atoms with Crippen molar-refractivity contribution in [3.05, 3.63) is 0 Å². The van der Waals surface area contributed by atoms with Gasteiger partial charge in [0, 0.05) is 39.3 Å². The number of hydrogen-bond acceptors (Lipinski definition) is 2. The van der Waals surface area contributed by atoms with E-state index in [2.05, 4.69) is 19.2 Å². The van der Waals surface area contributed by atoms with E-state index < -0.39 is 0 Å². The Morgan fingerprint density at radius 3 is 2.62 bits per heavy atom. The van der Waals surface area contributed by atoms with Gasteiger partial charge < -0.3 is 15.1 Å². The van der Waals surface area contributed by atoms with Gasteiger partial charge in [-0.15, -0.1) is 0 Å². The minimum atomic E-state index is 0.158. The number of nitrogens with zero attached hydrogens (tertiary/aromatic N) is 2. The summed E-state index contributed by atoms with van der Waals surface area (Å²) >= 11 is 0. The fourth-order valence-corrected chi connectivity index (χ4v) is 1.40. The third-order valence-electron chi connectivity index (χ3n) is 2.24. The predicted molar refractivity (Wildman–Crippen MR) is 52.7 cm³/mol. The van der Waals surface area contributed by atoms with Crippen LogP contribution in [-0.4, -0.2) is 55.1 Å². The molecule has 2 amide bonds. The Kier molecular flexibility index (Phi) is 3.54. The van der Waals surface area contributed by atoms with Gasteiger partial charge in [-0.2, -0.15) is 0 Å². The average molecular weight is 185 g/mol. The molecule has 1 rings (SSSR count). The van der Waals surface area contributed by atoms with Gasteiger partial charge in [-0.25, -0.2) is 4.79 Å². The van der Waals surface area contributed by atoms with Gasteiger partial charge in [0.05, 0.1) is 0 Å². The lowest BCUT2D eigenvalue weighted by Crippen LogP contribution is -2.37. The van der Waals surface area contributed by atoms with E-state index in [1.165, 1.54) is 0 Å². The second kappa shape index (κ2) is 4.46. The third-order valence-corrected chi connectivity index (χ3v) is 2.24. The maximum Gasteiger partial charge on any atom is 0.319 e. The summed E-state index contributed by atoms with van der Waals surface area (Å²) in [6.45, 7) is 7.66. The fourth-order valence-electron chi connectivity index (χ4n) is 1.40. The van der Waals surface area contributed by atoms with E-state index in [9.17, 15) is 4.79 Å². The molecule has 1 heterocycles. The highest BCUT2D eigenvalue weighted by atomic mass is 16.2. The molecule has 0 aromatic carbocycles. The molecule has 0 aromatic rings. The van der Waals surface area contributed by atoms with E-state index in [1.807, 2.05) is 11.9 Å². The summed E-state index contributed by atoms with van der Waals surface area (Å²) in [6, 6.07) is 0.654. The van der Waals surface area contributed by atoms with Crippen LogP contribution in [0.25, 0.3) is 0 Å². The topological polar surface area (TPSA) is 35.6 Å². The molecule has 0 aromatic heterocycles. The van der Waals surface area contributed by atoms with Crippen LogP contribution in [0.5, 0.6) is 0 Å². The molecule has 4 nitrogen and oxygen atoms in total. The van der Waals surface area contributed by atoms with Crippen LogP contribution >= 0.6 is 0 Å². The molecule has 0 aliphatic carbocycles. The molecular weight excluding hydrogens is 166 g/mol. The first-order valence-corrected chi connectivity index (χ1v) is 4.84. The molecule has 76 valence electrons. The molecule has 4 heteroatoms. The lowest BCUT2D eigenvalue weighted by Gasteiger charge is -2.17. The largest absolute Gasteiger partial charge is 0.326 e. The van der Waals surface area contributed by atoms with Gasteiger partial charge in [0.2, 0.25) is 0 Å². The summed E-state index contributed by atoms with van der Waals surface area (Å²) in [5, 5.41) is 3.30. The number of nitrogens with one attached hydrogen (secondary N) is 1. The number of rotatable bonds is 4. The Morgan fingerprint density at radius 1 is 1.46 bits per heavy atom. The number of hydrogen-bond donors (Lipinski definition) is 1. The minimum Gasteiger partial charge on any atom is -0.326 e. The SMILES string of the molecule is CC(C)NCCN1CCN(C)C1=O. The second-order valence-electron chi connectivity index (χ2n) is 3.80. The number of urea groups is 1. The quantitative estimate of drug-likeness (QED) is 0.686. The first kappa shape index (κ1) is 10.3. The van der Waals surface area contributed by atoms with Crippen LogP contribution in [0.4, 0.5) is 4.79 Å². The maximum absolute atomic E-state index is 11.4. The molecule has 1 aliphatic rings. The molecule has 1 fully saturated rings. The fraction of sp³-hybridized carbons (Fsp3) is 0.889. The highest BCUT2D eigenvalue weighted by Gasteiger charge is 2.24. The number of carbonyl (C=O) groups is 1. The standard InChI is InChI=1S/C9H19N3O/c1-8(2)10-4-5-12-7-6-11(3)9(12)13/h8,10H,4-7H2,1-3H3. The van der Waals surface area contributed by atoms with Gasteiger partial charge >= 0.3 is 6.03 Å². The van der Waals surface area contributed by atoms with Crippen molar-refractivity contribution in [3.63, 3.8) is 0 Å². The molecule has 0 atom stereocenters. The lowest BCUT2D eigenvalue weighted by atomic mass is 10.4. The van der Waals surface area contributed by atoms with Crippen molar-refractivity contribution in [2.24, 2.45) is 0 Å². The smallest absolute Gasteiger partial charge is 0.319 e. The molecule has 0 saturated carbocycles. The number of carbonyl (C=O) groups excluding carboxylic acids is 1. The lowest BCUT2D eigenvalue weighted by molar-refractivity contribution is 0.198. The Balaban J connectivity index is 2.19. The summed E-state index contributed by atoms with van der Waals surface area (Å²) in [5.41, 5.74) is 0. The summed E-state index contributed by atoms with van der Waals surface area (Å²) in [4.78, 5) is 15.0. The molecule has 0 spiro atoms. The number of amides is 2. The molecular formula is C9H19N3O. The first-order chi connectivity index (χ1) is 6.11. The second-order valence-corrected chi connectivity index (χ2v) is 3.80. The van der Waals surface area contributed by atoms with Crippen molar-refractivity contribution in [2.45, 2.75) is 19.9 Å². The van der Waals surface area contributed by atoms with Gasteiger partial charge in [0.15, 0.2) is 0 Å². The van der Waals surface area contributed by atoms with Gasteiger partial charge in [-0.3, -0.25) is 0 Å². The predicted octanol–water partition coefficient (Wildman–Crippen LogP) is 0.352. The van der Waals surface area contributed by atoms with E-state index in [0.29, 0.717) is 6.04 Å². The van der Waals surface area contributed by atoms with Crippen LogP contribution in [0.2, 0.25) is 0 Å². The molecule has 0 radical (unpaired) electrons. The maximum atomic E-state index is 11.4. The van der Waals surface area contributed by atoms with Crippen LogP contribution < -0.4 is 5.32 Å². The van der Waals surface area contributed by atoms with Crippen LogP contribution in [-0.2, 0) is 0 Å². The Morgan fingerprint density at radius 2 is 2.15 bits per heavy atom. The zero-order chi connectivity index (χ0) is 9.84. The van der Waals surface area contributed by atoms with E-state index in [4.69, 9.17) is 0 Å². The van der Waals surface area contributed by atoms with Crippen molar-refractivity contribution in [1.29, 1.82) is 0 Å². The van der Waals surface area contributed by atoms with E-state index in [1.54, 1.807) is 4.90 Å². The Hall–Kier alpha value is -0.770. The van der Waals surface area contributed by atoms with Gasteiger partial charge in [-0.1, -0.05) is 13.8 Å². The zero-order valence-corrected chi connectivity index (χ0v) is 8.71. The highest BCUT2D eigenvalue weighted by Crippen LogP contribution is 2.04. The van der Waals surface area contributed by atoms with Crippen LogP contribution in [0.15, 0.2) is 0 Å². The molecule has 1 aliphatic heterocycles. The van der Waals surface area contributed by atoms with Crippen molar-refractivity contribution >= 4 is 6.03 Å². The molecule has 0 bridgehead atoms. The summed E-state index contributed by atoms with van der Waals surface area (Å²) in [5.74, 6) is 0. The molecule has 0 unspecified atom stereocenters. The molecule has 1 N–H and O–H groups in total. The van der Waals surface area contributed by atoms with Crippen LogP contribution in [0.1, 0.15) is 13.8 Å². The summed E-state index contributed by atoms with van der Waals surface area (Å²) < 4.78 is 0. The molecule has 1 saturated heterocycles. The van der Waals surface area contributed by atoms with Crippen LogP contribution in [0.3, 0.4) is 0 Å². The minimum absolute atomic E-state index is 0.158. The van der Waals surface area contributed by atoms with Crippen molar-refractivity contribution in [2.75, 3.05) is 33.2 Å². The van der Waals surface area contributed by atoms with Crippen molar-refractivity contribution in [3.8, 4) is 0 Å².